The third-order valence-electron chi connectivity index (χ3n) is 4.40. The Kier molecular flexibility index (Phi) is 4.20. The highest BCUT2D eigenvalue weighted by molar-refractivity contribution is 6.30. The summed E-state index contributed by atoms with van der Waals surface area (Å²) in [7, 11) is 0. The highest BCUT2D eigenvalue weighted by atomic mass is 35.5. The van der Waals surface area contributed by atoms with Crippen molar-refractivity contribution in [3.63, 3.8) is 0 Å². The molecule has 0 spiro atoms. The molecule has 0 fully saturated rings. The van der Waals surface area contributed by atoms with Gasteiger partial charge in [-0.25, -0.2) is 8.78 Å². The number of carbonyl (C=O) groups excluding carboxylic acids is 1. The lowest BCUT2D eigenvalue weighted by molar-refractivity contribution is 0.0734. The van der Waals surface area contributed by atoms with E-state index in [1.165, 1.54) is 6.07 Å². The van der Waals surface area contributed by atoms with E-state index in [0.29, 0.717) is 23.7 Å². The normalized spacial score (nSPS) is 13.6. The fourth-order valence-electron chi connectivity index (χ4n) is 3.03. The third kappa shape index (κ3) is 2.97. The fourth-order valence-corrected chi connectivity index (χ4v) is 3.15. The van der Waals surface area contributed by atoms with Crippen molar-refractivity contribution in [3.8, 4) is 11.3 Å². The molecule has 7 heteroatoms. The summed E-state index contributed by atoms with van der Waals surface area (Å²) in [6.07, 6.45) is 0.530. The Balaban J connectivity index is 1.63. The Morgan fingerprint density at radius 2 is 1.88 bits per heavy atom. The number of halogens is 3. The van der Waals surface area contributed by atoms with Crippen molar-refractivity contribution >= 4 is 17.5 Å². The van der Waals surface area contributed by atoms with Gasteiger partial charge in [0.1, 0.15) is 0 Å². The molecule has 1 aliphatic heterocycles. The first-order valence-electron chi connectivity index (χ1n) is 8.00. The molecule has 4 rings (SSSR count). The Morgan fingerprint density at radius 3 is 2.62 bits per heavy atom. The summed E-state index contributed by atoms with van der Waals surface area (Å²) >= 11 is 5.92. The number of hydrogen-bond acceptors (Lipinski definition) is 3. The van der Waals surface area contributed by atoms with Crippen molar-refractivity contribution in [2.75, 3.05) is 6.54 Å². The van der Waals surface area contributed by atoms with Crippen LogP contribution in [0.3, 0.4) is 0 Å². The van der Waals surface area contributed by atoms with E-state index in [-0.39, 0.29) is 18.0 Å². The molecule has 0 saturated heterocycles. The molecule has 26 heavy (non-hydrogen) atoms. The minimum Gasteiger partial charge on any atom is -0.356 e. The van der Waals surface area contributed by atoms with Crippen LogP contribution in [-0.2, 0) is 13.0 Å². The molecule has 2 heterocycles. The first-order valence-corrected chi connectivity index (χ1v) is 8.38. The molecule has 0 atom stereocenters. The molecule has 0 unspecified atom stereocenters. The standard InChI is InChI=1S/C19H13ClF2N2O2/c20-13-4-1-11(2-5-13)18-14-10-24(8-7-17(14)23-26-18)19(25)12-3-6-15(21)16(22)9-12/h1-6,9H,7-8,10H2. The van der Waals surface area contributed by atoms with Crippen LogP contribution >= 0.6 is 11.6 Å². The molecule has 0 saturated carbocycles. The minimum atomic E-state index is -1.04. The van der Waals surface area contributed by atoms with E-state index in [2.05, 4.69) is 5.16 Å². The number of hydrogen-bond donors (Lipinski definition) is 0. The van der Waals surface area contributed by atoms with Gasteiger partial charge in [-0.2, -0.15) is 0 Å². The zero-order valence-electron chi connectivity index (χ0n) is 13.5. The lowest BCUT2D eigenvalue weighted by Crippen LogP contribution is -2.36. The van der Waals surface area contributed by atoms with E-state index in [1.54, 1.807) is 17.0 Å². The number of aromatic nitrogens is 1. The Morgan fingerprint density at radius 1 is 1.12 bits per heavy atom. The Hall–Kier alpha value is -2.73. The van der Waals surface area contributed by atoms with Gasteiger partial charge in [-0.3, -0.25) is 4.79 Å². The molecule has 4 nitrogen and oxygen atoms in total. The second kappa shape index (κ2) is 6.53. The maximum absolute atomic E-state index is 13.4. The van der Waals surface area contributed by atoms with Gasteiger partial charge in [-0.05, 0) is 42.5 Å². The molecule has 1 amide bonds. The van der Waals surface area contributed by atoms with Gasteiger partial charge in [-0.1, -0.05) is 16.8 Å². The molecule has 0 N–H and O–H groups in total. The molecular formula is C19H13ClF2N2O2. The van der Waals surface area contributed by atoms with Crippen molar-refractivity contribution in [2.45, 2.75) is 13.0 Å². The van der Waals surface area contributed by atoms with Gasteiger partial charge in [0.05, 0.1) is 12.2 Å². The summed E-state index contributed by atoms with van der Waals surface area (Å²) in [6.45, 7) is 0.714. The van der Waals surface area contributed by atoms with Crippen LogP contribution in [0.1, 0.15) is 21.6 Å². The van der Waals surface area contributed by atoms with Crippen LogP contribution in [0.4, 0.5) is 8.78 Å². The van der Waals surface area contributed by atoms with Gasteiger partial charge in [0.25, 0.3) is 5.91 Å². The maximum atomic E-state index is 13.4. The molecule has 1 aliphatic rings. The zero-order valence-corrected chi connectivity index (χ0v) is 14.3. The lowest BCUT2D eigenvalue weighted by Gasteiger charge is -2.26. The van der Waals surface area contributed by atoms with E-state index >= 15 is 0 Å². The number of nitrogens with zero attached hydrogens (tertiary/aromatic N) is 2. The van der Waals surface area contributed by atoms with Gasteiger partial charge >= 0.3 is 0 Å². The molecule has 0 aliphatic carbocycles. The van der Waals surface area contributed by atoms with E-state index in [9.17, 15) is 13.6 Å². The predicted molar refractivity (Wildman–Crippen MR) is 91.8 cm³/mol. The fraction of sp³-hybridized carbons (Fsp3) is 0.158. The summed E-state index contributed by atoms with van der Waals surface area (Å²) in [5, 5.41) is 4.70. The number of amides is 1. The van der Waals surface area contributed by atoms with Crippen molar-refractivity contribution < 1.29 is 18.1 Å². The third-order valence-corrected chi connectivity index (χ3v) is 4.65. The average molecular weight is 375 g/mol. The Labute approximate surface area is 153 Å². The van der Waals surface area contributed by atoms with Crippen LogP contribution in [0.25, 0.3) is 11.3 Å². The average Bonchev–Trinajstić information content (AvgIpc) is 3.07. The van der Waals surface area contributed by atoms with E-state index in [1.807, 2.05) is 12.1 Å². The molecule has 1 aromatic heterocycles. The monoisotopic (exact) mass is 374 g/mol. The van der Waals surface area contributed by atoms with Gasteiger partial charge in [0, 0.05) is 34.7 Å². The van der Waals surface area contributed by atoms with Crippen LogP contribution < -0.4 is 0 Å². The van der Waals surface area contributed by atoms with Crippen LogP contribution in [0, 0.1) is 11.6 Å². The second-order valence-corrected chi connectivity index (χ2v) is 6.49. The van der Waals surface area contributed by atoms with E-state index in [4.69, 9.17) is 16.1 Å². The van der Waals surface area contributed by atoms with Crippen LogP contribution in [-0.4, -0.2) is 22.5 Å². The lowest BCUT2D eigenvalue weighted by atomic mass is 10.0. The van der Waals surface area contributed by atoms with Crippen molar-refractivity contribution in [3.05, 3.63) is 75.9 Å². The highest BCUT2D eigenvalue weighted by Gasteiger charge is 2.28. The van der Waals surface area contributed by atoms with Crippen LogP contribution in [0.5, 0.6) is 0 Å². The molecule has 2 aromatic carbocycles. The number of carbonyl (C=O) groups is 1. The van der Waals surface area contributed by atoms with Crippen molar-refractivity contribution in [1.29, 1.82) is 0 Å². The molecule has 132 valence electrons. The minimum absolute atomic E-state index is 0.108. The van der Waals surface area contributed by atoms with E-state index in [0.717, 1.165) is 29.0 Å². The van der Waals surface area contributed by atoms with Gasteiger partial charge in [-0.15, -0.1) is 0 Å². The molecular weight excluding hydrogens is 362 g/mol. The predicted octanol–water partition coefficient (Wildman–Crippen LogP) is 4.47. The van der Waals surface area contributed by atoms with Gasteiger partial charge in [0.2, 0.25) is 0 Å². The summed E-state index contributed by atoms with van der Waals surface area (Å²) in [5.41, 5.74) is 2.53. The summed E-state index contributed by atoms with van der Waals surface area (Å²) in [6, 6.07) is 10.3. The van der Waals surface area contributed by atoms with Gasteiger partial charge < -0.3 is 9.42 Å². The first-order chi connectivity index (χ1) is 12.5. The smallest absolute Gasteiger partial charge is 0.254 e. The zero-order chi connectivity index (χ0) is 18.3. The highest BCUT2D eigenvalue weighted by Crippen LogP contribution is 2.31. The summed E-state index contributed by atoms with van der Waals surface area (Å²) in [5.74, 6) is -1.80. The summed E-state index contributed by atoms with van der Waals surface area (Å²) < 4.78 is 32.0. The SMILES string of the molecule is O=C(c1ccc(F)c(F)c1)N1CCc2noc(-c3ccc(Cl)cc3)c2C1. The molecule has 0 bridgehead atoms. The first kappa shape index (κ1) is 16.7. The largest absolute Gasteiger partial charge is 0.356 e. The van der Waals surface area contributed by atoms with Crippen molar-refractivity contribution in [1.82, 2.24) is 10.1 Å². The number of rotatable bonds is 2. The number of fused-ring (bicyclic) bond motifs is 1. The van der Waals surface area contributed by atoms with E-state index < -0.39 is 11.6 Å². The van der Waals surface area contributed by atoms with Gasteiger partial charge in [0.15, 0.2) is 17.4 Å². The second-order valence-electron chi connectivity index (χ2n) is 6.05. The number of benzene rings is 2. The van der Waals surface area contributed by atoms with Crippen LogP contribution in [0.15, 0.2) is 47.0 Å². The van der Waals surface area contributed by atoms with Crippen molar-refractivity contribution in [2.24, 2.45) is 0 Å². The topological polar surface area (TPSA) is 46.3 Å². The molecule has 0 radical (unpaired) electrons. The quantitative estimate of drug-likeness (QED) is 0.664. The Bertz CT molecular complexity index is 986. The maximum Gasteiger partial charge on any atom is 0.254 e. The summed E-state index contributed by atoms with van der Waals surface area (Å²) in [4.78, 5) is 14.2. The van der Waals surface area contributed by atoms with Crippen LogP contribution in [0.2, 0.25) is 5.02 Å². The molecule has 3 aromatic rings.